The highest BCUT2D eigenvalue weighted by molar-refractivity contribution is 5.85. The van der Waals surface area contributed by atoms with Crippen LogP contribution in [0.3, 0.4) is 0 Å². The van der Waals surface area contributed by atoms with E-state index in [9.17, 15) is 4.79 Å². The molecule has 1 aromatic rings. The SMILES string of the molecule is COC(=O)C(C)Oc1cccc(CN2CCNCC2)c1.Cl.Cl. The molecule has 1 fully saturated rings. The molecule has 0 bridgehead atoms. The van der Waals surface area contributed by atoms with Crippen LogP contribution >= 0.6 is 24.8 Å². The van der Waals surface area contributed by atoms with Crippen LogP contribution < -0.4 is 10.1 Å². The Morgan fingerprint density at radius 3 is 2.64 bits per heavy atom. The first-order chi connectivity index (χ1) is 9.69. The van der Waals surface area contributed by atoms with Gasteiger partial charge in [-0.15, -0.1) is 24.8 Å². The van der Waals surface area contributed by atoms with Gasteiger partial charge >= 0.3 is 5.97 Å². The summed E-state index contributed by atoms with van der Waals surface area (Å²) in [7, 11) is 1.36. The summed E-state index contributed by atoms with van der Waals surface area (Å²) in [6.07, 6.45) is -0.588. The Bertz CT molecular complexity index is 454. The van der Waals surface area contributed by atoms with Crippen LogP contribution in [0.4, 0.5) is 0 Å². The highest BCUT2D eigenvalue weighted by atomic mass is 35.5. The number of benzene rings is 1. The first-order valence-electron chi connectivity index (χ1n) is 6.95. The fourth-order valence-electron chi connectivity index (χ4n) is 2.26. The molecule has 1 heterocycles. The van der Waals surface area contributed by atoms with Gasteiger partial charge in [0, 0.05) is 32.7 Å². The number of esters is 1. The fraction of sp³-hybridized carbons (Fsp3) is 0.533. The predicted molar refractivity (Wildman–Crippen MR) is 91.2 cm³/mol. The van der Waals surface area contributed by atoms with Crippen molar-refractivity contribution >= 4 is 30.8 Å². The molecule has 126 valence electrons. The summed E-state index contributed by atoms with van der Waals surface area (Å²) in [5.74, 6) is 0.341. The second-order valence-corrected chi connectivity index (χ2v) is 4.96. The maximum Gasteiger partial charge on any atom is 0.346 e. The summed E-state index contributed by atoms with van der Waals surface area (Å²) >= 11 is 0. The van der Waals surface area contributed by atoms with Crippen LogP contribution in [0.5, 0.6) is 5.75 Å². The van der Waals surface area contributed by atoms with Crippen molar-refractivity contribution in [3.63, 3.8) is 0 Å². The molecular formula is C15H24Cl2N2O3. The molecule has 7 heteroatoms. The Morgan fingerprint density at radius 1 is 1.32 bits per heavy atom. The van der Waals surface area contributed by atoms with Crippen molar-refractivity contribution in [2.45, 2.75) is 19.6 Å². The average molecular weight is 351 g/mol. The van der Waals surface area contributed by atoms with E-state index < -0.39 is 6.10 Å². The number of hydrogen-bond donors (Lipinski definition) is 1. The summed E-state index contributed by atoms with van der Waals surface area (Å²) in [5.41, 5.74) is 1.20. The van der Waals surface area contributed by atoms with Crippen LogP contribution in [0.15, 0.2) is 24.3 Å². The standard InChI is InChI=1S/C15H22N2O3.2ClH/c1-12(15(18)19-2)20-14-5-3-4-13(10-14)11-17-8-6-16-7-9-17;;/h3-5,10,12,16H,6-9,11H2,1-2H3;2*1H. The number of nitrogens with one attached hydrogen (secondary N) is 1. The van der Waals surface area contributed by atoms with Crippen molar-refractivity contribution in [1.29, 1.82) is 0 Å². The van der Waals surface area contributed by atoms with Crippen molar-refractivity contribution in [3.05, 3.63) is 29.8 Å². The molecule has 1 aromatic carbocycles. The third kappa shape index (κ3) is 6.40. The minimum Gasteiger partial charge on any atom is -0.479 e. The number of piperazine rings is 1. The lowest BCUT2D eigenvalue weighted by atomic mass is 10.2. The van der Waals surface area contributed by atoms with E-state index in [0.717, 1.165) is 32.7 Å². The summed E-state index contributed by atoms with van der Waals surface area (Å²) in [4.78, 5) is 13.8. The second-order valence-electron chi connectivity index (χ2n) is 4.96. The van der Waals surface area contributed by atoms with Gasteiger partial charge in [0.2, 0.25) is 0 Å². The molecular weight excluding hydrogens is 327 g/mol. The van der Waals surface area contributed by atoms with E-state index in [1.807, 2.05) is 18.2 Å². The molecule has 1 atom stereocenters. The van der Waals surface area contributed by atoms with Gasteiger partial charge in [0.15, 0.2) is 6.10 Å². The van der Waals surface area contributed by atoms with Crippen LogP contribution in [0.25, 0.3) is 0 Å². The number of ether oxygens (including phenoxy) is 2. The molecule has 1 unspecified atom stereocenters. The molecule has 0 amide bonds. The molecule has 0 aromatic heterocycles. The Labute approximate surface area is 144 Å². The lowest BCUT2D eigenvalue weighted by Gasteiger charge is -2.27. The predicted octanol–water partition coefficient (Wildman–Crippen LogP) is 1.88. The zero-order valence-electron chi connectivity index (χ0n) is 12.9. The first-order valence-corrected chi connectivity index (χ1v) is 6.95. The molecule has 22 heavy (non-hydrogen) atoms. The van der Waals surface area contributed by atoms with Crippen LogP contribution in [0, 0.1) is 0 Å². The van der Waals surface area contributed by atoms with Crippen molar-refractivity contribution in [2.75, 3.05) is 33.3 Å². The number of methoxy groups -OCH3 is 1. The number of carbonyl (C=O) groups excluding carboxylic acids is 1. The van der Waals surface area contributed by atoms with Crippen molar-refractivity contribution < 1.29 is 14.3 Å². The zero-order valence-corrected chi connectivity index (χ0v) is 14.5. The van der Waals surface area contributed by atoms with Gasteiger partial charge in [-0.1, -0.05) is 12.1 Å². The fourth-order valence-corrected chi connectivity index (χ4v) is 2.26. The molecule has 5 nitrogen and oxygen atoms in total. The molecule has 0 saturated carbocycles. The van der Waals surface area contributed by atoms with Crippen LogP contribution in [-0.2, 0) is 16.1 Å². The molecule has 1 aliphatic heterocycles. The molecule has 1 N–H and O–H groups in total. The molecule has 0 aliphatic carbocycles. The van der Waals surface area contributed by atoms with Gasteiger partial charge < -0.3 is 14.8 Å². The third-order valence-corrected chi connectivity index (χ3v) is 3.36. The van der Waals surface area contributed by atoms with Gasteiger partial charge in [-0.3, -0.25) is 4.90 Å². The maximum atomic E-state index is 11.4. The highest BCUT2D eigenvalue weighted by Crippen LogP contribution is 2.17. The third-order valence-electron chi connectivity index (χ3n) is 3.36. The van der Waals surface area contributed by atoms with Crippen LogP contribution in [0.2, 0.25) is 0 Å². The Hall–Kier alpha value is -1.01. The number of nitrogens with zero attached hydrogens (tertiary/aromatic N) is 1. The summed E-state index contributed by atoms with van der Waals surface area (Å²) < 4.78 is 10.2. The number of rotatable bonds is 5. The zero-order chi connectivity index (χ0) is 14.4. The van der Waals surface area contributed by atoms with Gasteiger partial charge in [0.25, 0.3) is 0 Å². The van der Waals surface area contributed by atoms with Crippen LogP contribution in [-0.4, -0.2) is 50.3 Å². The molecule has 2 rings (SSSR count). The Balaban J connectivity index is 0.00000220. The molecule has 1 saturated heterocycles. The lowest BCUT2D eigenvalue weighted by Crippen LogP contribution is -2.42. The quantitative estimate of drug-likeness (QED) is 0.821. The van der Waals surface area contributed by atoms with Gasteiger partial charge in [-0.2, -0.15) is 0 Å². The lowest BCUT2D eigenvalue weighted by molar-refractivity contribution is -0.147. The van der Waals surface area contributed by atoms with E-state index in [1.165, 1.54) is 12.7 Å². The summed E-state index contributed by atoms with van der Waals surface area (Å²) in [5, 5.41) is 3.34. The Kier molecular flexibility index (Phi) is 10.2. The largest absolute Gasteiger partial charge is 0.479 e. The van der Waals surface area contributed by atoms with E-state index in [4.69, 9.17) is 4.74 Å². The van der Waals surface area contributed by atoms with Crippen molar-refractivity contribution in [1.82, 2.24) is 10.2 Å². The maximum absolute atomic E-state index is 11.4. The van der Waals surface area contributed by atoms with E-state index in [-0.39, 0.29) is 30.8 Å². The summed E-state index contributed by atoms with van der Waals surface area (Å²) in [6.45, 7) is 6.79. The van der Waals surface area contributed by atoms with E-state index in [1.54, 1.807) is 6.92 Å². The van der Waals surface area contributed by atoms with E-state index in [2.05, 4.69) is 21.0 Å². The highest BCUT2D eigenvalue weighted by Gasteiger charge is 2.15. The molecule has 0 spiro atoms. The molecule has 1 aliphatic rings. The smallest absolute Gasteiger partial charge is 0.346 e. The normalized spacial score (nSPS) is 15.9. The number of carbonyl (C=O) groups is 1. The van der Waals surface area contributed by atoms with E-state index >= 15 is 0 Å². The number of halogens is 2. The Morgan fingerprint density at radius 2 is 2.00 bits per heavy atom. The van der Waals surface area contributed by atoms with Crippen LogP contribution in [0.1, 0.15) is 12.5 Å². The van der Waals surface area contributed by atoms with Crippen molar-refractivity contribution in [2.24, 2.45) is 0 Å². The monoisotopic (exact) mass is 350 g/mol. The van der Waals surface area contributed by atoms with Gasteiger partial charge in [-0.05, 0) is 24.6 Å². The van der Waals surface area contributed by atoms with E-state index in [0.29, 0.717) is 5.75 Å². The molecule has 0 radical (unpaired) electrons. The summed E-state index contributed by atoms with van der Waals surface area (Å²) in [6, 6.07) is 7.89. The average Bonchev–Trinajstić information content (AvgIpc) is 2.47. The second kappa shape index (κ2) is 10.7. The van der Waals surface area contributed by atoms with Gasteiger partial charge in [0.05, 0.1) is 7.11 Å². The first kappa shape index (κ1) is 21.0. The van der Waals surface area contributed by atoms with Gasteiger partial charge in [-0.25, -0.2) is 4.79 Å². The van der Waals surface area contributed by atoms with Crippen molar-refractivity contribution in [3.8, 4) is 5.75 Å². The van der Waals surface area contributed by atoms with Gasteiger partial charge in [0.1, 0.15) is 5.75 Å². The minimum absolute atomic E-state index is 0. The number of hydrogen-bond acceptors (Lipinski definition) is 5. The minimum atomic E-state index is -0.588. The topological polar surface area (TPSA) is 50.8 Å².